The molecule has 3 aromatic rings. The first-order valence-corrected chi connectivity index (χ1v) is 9.91. The third-order valence-corrected chi connectivity index (χ3v) is 4.97. The second kappa shape index (κ2) is 7.49. The summed E-state index contributed by atoms with van der Waals surface area (Å²) in [5, 5.41) is 0. The summed E-state index contributed by atoms with van der Waals surface area (Å²) in [5.74, 6) is 0.198. The number of aromatic nitrogens is 1. The van der Waals surface area contributed by atoms with Crippen LogP contribution in [0.4, 0.5) is 5.82 Å². The maximum atomic E-state index is 13.1. The highest BCUT2D eigenvalue weighted by atomic mass is 32.2. The van der Waals surface area contributed by atoms with Crippen molar-refractivity contribution in [2.24, 2.45) is 0 Å². The number of nitrogens with zero attached hydrogens (tertiary/aromatic N) is 2. The molecule has 1 amide bonds. The van der Waals surface area contributed by atoms with Gasteiger partial charge in [0, 0.05) is 18.0 Å². The summed E-state index contributed by atoms with van der Waals surface area (Å²) in [4.78, 5) is 19.1. The van der Waals surface area contributed by atoms with Crippen LogP contribution in [-0.4, -0.2) is 25.6 Å². The maximum Gasteiger partial charge on any atom is 0.259 e. The number of benzene rings is 2. The van der Waals surface area contributed by atoms with E-state index in [1.165, 1.54) is 17.0 Å². The standard InChI is InChI=1S/C20H18N2O3S/c1-26(24,25)18-11-7-10-17(14-18)20(23)22(19-12-5-6-13-21-19)15-16-8-3-2-4-9-16/h2-14H,15H2,1H3. The van der Waals surface area contributed by atoms with Crippen LogP contribution in [-0.2, 0) is 16.4 Å². The lowest BCUT2D eigenvalue weighted by Crippen LogP contribution is -2.31. The Bertz CT molecular complexity index is 1000. The molecule has 0 bridgehead atoms. The molecule has 1 heterocycles. The summed E-state index contributed by atoms with van der Waals surface area (Å²) in [5.41, 5.74) is 1.25. The van der Waals surface area contributed by atoms with Crippen molar-refractivity contribution >= 4 is 21.6 Å². The Morgan fingerprint density at radius 1 is 0.962 bits per heavy atom. The summed E-state index contributed by atoms with van der Waals surface area (Å²) in [6.07, 6.45) is 2.74. The van der Waals surface area contributed by atoms with Crippen LogP contribution in [0.5, 0.6) is 0 Å². The molecule has 6 heteroatoms. The van der Waals surface area contributed by atoms with E-state index in [1.54, 1.807) is 36.5 Å². The first-order chi connectivity index (χ1) is 12.4. The zero-order valence-corrected chi connectivity index (χ0v) is 15.1. The quantitative estimate of drug-likeness (QED) is 0.695. The number of hydrogen-bond acceptors (Lipinski definition) is 4. The molecule has 132 valence electrons. The predicted octanol–water partition coefficient (Wildman–Crippen LogP) is 3.33. The number of pyridine rings is 1. The molecule has 0 saturated carbocycles. The minimum absolute atomic E-state index is 0.115. The fourth-order valence-corrected chi connectivity index (χ4v) is 3.22. The highest BCUT2D eigenvalue weighted by Crippen LogP contribution is 2.19. The summed E-state index contributed by atoms with van der Waals surface area (Å²) in [6.45, 7) is 0.333. The molecule has 3 rings (SSSR count). The third-order valence-electron chi connectivity index (χ3n) is 3.86. The van der Waals surface area contributed by atoms with Crippen molar-refractivity contribution in [1.29, 1.82) is 0 Å². The van der Waals surface area contributed by atoms with Gasteiger partial charge in [0.05, 0.1) is 11.4 Å². The van der Waals surface area contributed by atoms with E-state index in [0.717, 1.165) is 11.8 Å². The minimum Gasteiger partial charge on any atom is -0.288 e. The minimum atomic E-state index is -3.39. The van der Waals surface area contributed by atoms with Crippen molar-refractivity contribution in [3.8, 4) is 0 Å². The van der Waals surface area contributed by atoms with Gasteiger partial charge in [-0.25, -0.2) is 13.4 Å². The maximum absolute atomic E-state index is 13.1. The van der Waals surface area contributed by atoms with E-state index < -0.39 is 9.84 Å². The largest absolute Gasteiger partial charge is 0.288 e. The van der Waals surface area contributed by atoms with Gasteiger partial charge >= 0.3 is 0 Å². The zero-order valence-electron chi connectivity index (χ0n) is 14.2. The average Bonchev–Trinajstić information content (AvgIpc) is 2.66. The molecule has 0 aliphatic rings. The number of sulfone groups is 1. The van der Waals surface area contributed by atoms with Crippen molar-refractivity contribution in [3.05, 3.63) is 90.1 Å². The molecule has 0 fully saturated rings. The van der Waals surface area contributed by atoms with Crippen LogP contribution in [0, 0.1) is 0 Å². The van der Waals surface area contributed by atoms with Gasteiger partial charge in [0.25, 0.3) is 5.91 Å². The van der Waals surface area contributed by atoms with Gasteiger partial charge in [-0.05, 0) is 35.9 Å². The summed E-state index contributed by atoms with van der Waals surface area (Å²) in [6, 6.07) is 21.0. The molecule has 0 N–H and O–H groups in total. The highest BCUT2D eigenvalue weighted by molar-refractivity contribution is 7.90. The lowest BCUT2D eigenvalue weighted by atomic mass is 10.1. The van der Waals surface area contributed by atoms with Crippen LogP contribution in [0.1, 0.15) is 15.9 Å². The molecule has 0 aliphatic heterocycles. The molecule has 0 spiro atoms. The monoisotopic (exact) mass is 366 g/mol. The van der Waals surface area contributed by atoms with Crippen molar-refractivity contribution in [2.45, 2.75) is 11.4 Å². The topological polar surface area (TPSA) is 67.3 Å². The van der Waals surface area contributed by atoms with Gasteiger partial charge in [0.2, 0.25) is 0 Å². The van der Waals surface area contributed by atoms with Gasteiger partial charge in [-0.15, -0.1) is 0 Å². The first kappa shape index (κ1) is 17.8. The van der Waals surface area contributed by atoms with Crippen LogP contribution in [0.25, 0.3) is 0 Å². The Balaban J connectivity index is 2.00. The van der Waals surface area contributed by atoms with E-state index in [2.05, 4.69) is 4.98 Å². The molecule has 0 saturated heterocycles. The van der Waals surface area contributed by atoms with Gasteiger partial charge in [-0.1, -0.05) is 42.5 Å². The number of anilines is 1. The zero-order chi connectivity index (χ0) is 18.6. The van der Waals surface area contributed by atoms with Crippen LogP contribution in [0.2, 0.25) is 0 Å². The Labute approximate surface area is 152 Å². The molecule has 5 nitrogen and oxygen atoms in total. The van der Waals surface area contributed by atoms with E-state index in [0.29, 0.717) is 17.9 Å². The molecule has 2 aromatic carbocycles. The summed E-state index contributed by atoms with van der Waals surface area (Å²) < 4.78 is 23.6. The van der Waals surface area contributed by atoms with Gasteiger partial charge < -0.3 is 0 Å². The van der Waals surface area contributed by atoms with Crippen LogP contribution >= 0.6 is 0 Å². The normalized spacial score (nSPS) is 11.1. The average molecular weight is 366 g/mol. The SMILES string of the molecule is CS(=O)(=O)c1cccc(C(=O)N(Cc2ccccc2)c2ccccn2)c1. The summed E-state index contributed by atoms with van der Waals surface area (Å²) >= 11 is 0. The van der Waals surface area contributed by atoms with Crippen LogP contribution in [0.15, 0.2) is 83.9 Å². The smallest absolute Gasteiger partial charge is 0.259 e. The van der Waals surface area contributed by atoms with Crippen molar-refractivity contribution in [2.75, 3.05) is 11.2 Å². The molecular weight excluding hydrogens is 348 g/mol. The van der Waals surface area contributed by atoms with Crippen LogP contribution in [0.3, 0.4) is 0 Å². The molecule has 0 unspecified atom stereocenters. The number of carbonyl (C=O) groups excluding carboxylic acids is 1. The first-order valence-electron chi connectivity index (χ1n) is 8.02. The molecular formula is C20H18N2O3S. The third kappa shape index (κ3) is 4.15. The van der Waals surface area contributed by atoms with E-state index in [4.69, 9.17) is 0 Å². The molecule has 0 atom stereocenters. The number of rotatable bonds is 5. The Hall–Kier alpha value is -2.99. The van der Waals surface area contributed by atoms with Crippen molar-refractivity contribution in [3.63, 3.8) is 0 Å². The molecule has 26 heavy (non-hydrogen) atoms. The van der Waals surface area contributed by atoms with Crippen LogP contribution < -0.4 is 4.90 Å². The Kier molecular flexibility index (Phi) is 5.14. The number of hydrogen-bond donors (Lipinski definition) is 0. The number of amides is 1. The van der Waals surface area contributed by atoms with E-state index in [1.807, 2.05) is 30.3 Å². The highest BCUT2D eigenvalue weighted by Gasteiger charge is 2.20. The Morgan fingerprint density at radius 3 is 2.35 bits per heavy atom. The second-order valence-corrected chi connectivity index (χ2v) is 7.88. The van der Waals surface area contributed by atoms with E-state index in [-0.39, 0.29) is 10.8 Å². The lowest BCUT2D eigenvalue weighted by molar-refractivity contribution is 0.0984. The van der Waals surface area contributed by atoms with Crippen molar-refractivity contribution in [1.82, 2.24) is 4.98 Å². The predicted molar refractivity (Wildman–Crippen MR) is 101 cm³/mol. The fourth-order valence-electron chi connectivity index (χ4n) is 2.55. The second-order valence-electron chi connectivity index (χ2n) is 5.86. The lowest BCUT2D eigenvalue weighted by Gasteiger charge is -2.22. The van der Waals surface area contributed by atoms with Gasteiger partial charge in [0.1, 0.15) is 5.82 Å². The van der Waals surface area contributed by atoms with E-state index in [9.17, 15) is 13.2 Å². The molecule has 1 aromatic heterocycles. The fraction of sp³-hybridized carbons (Fsp3) is 0.100. The van der Waals surface area contributed by atoms with E-state index >= 15 is 0 Å². The van der Waals surface area contributed by atoms with Gasteiger partial charge in [0.15, 0.2) is 9.84 Å². The molecule has 0 aliphatic carbocycles. The number of carbonyl (C=O) groups is 1. The van der Waals surface area contributed by atoms with Crippen molar-refractivity contribution < 1.29 is 13.2 Å². The van der Waals surface area contributed by atoms with Gasteiger partial charge in [-0.2, -0.15) is 0 Å². The summed E-state index contributed by atoms with van der Waals surface area (Å²) in [7, 11) is -3.39. The molecule has 0 radical (unpaired) electrons. The Morgan fingerprint density at radius 2 is 1.69 bits per heavy atom. The van der Waals surface area contributed by atoms with Gasteiger partial charge in [-0.3, -0.25) is 9.69 Å².